The van der Waals surface area contributed by atoms with Crippen LogP contribution in [0.1, 0.15) is 28.3 Å². The summed E-state index contributed by atoms with van der Waals surface area (Å²) in [6, 6.07) is 23.9. The van der Waals surface area contributed by atoms with Crippen LogP contribution < -0.4 is 9.62 Å². The van der Waals surface area contributed by atoms with Crippen molar-refractivity contribution in [3.05, 3.63) is 95.1 Å². The van der Waals surface area contributed by atoms with Crippen LogP contribution in [0.25, 0.3) is 0 Å². The van der Waals surface area contributed by atoms with Gasteiger partial charge >= 0.3 is 0 Å². The van der Waals surface area contributed by atoms with Gasteiger partial charge in [0.2, 0.25) is 10.0 Å². The van der Waals surface area contributed by atoms with Crippen LogP contribution >= 0.6 is 0 Å². The summed E-state index contributed by atoms with van der Waals surface area (Å²) in [4.78, 5) is 4.76. The molecule has 1 heterocycles. The molecule has 0 radical (unpaired) electrons. The quantitative estimate of drug-likeness (QED) is 0.589. The lowest BCUT2D eigenvalue weighted by Crippen LogP contribution is -2.40. The number of nitrogens with zero attached hydrogens (tertiary/aromatic N) is 2. The van der Waals surface area contributed by atoms with E-state index in [4.69, 9.17) is 0 Å². The van der Waals surface area contributed by atoms with E-state index in [2.05, 4.69) is 63.1 Å². The topological polar surface area (TPSA) is 52.7 Å². The van der Waals surface area contributed by atoms with E-state index in [1.54, 1.807) is 18.2 Å². The van der Waals surface area contributed by atoms with Crippen LogP contribution in [-0.2, 0) is 23.0 Å². The molecule has 0 saturated carbocycles. The van der Waals surface area contributed by atoms with Gasteiger partial charge in [0, 0.05) is 45.5 Å². The first-order valence-electron chi connectivity index (χ1n) is 11.0. The number of anilines is 1. The van der Waals surface area contributed by atoms with Crippen molar-refractivity contribution in [1.29, 1.82) is 0 Å². The van der Waals surface area contributed by atoms with Gasteiger partial charge < -0.3 is 4.90 Å². The highest BCUT2D eigenvalue weighted by Gasteiger charge is 2.26. The number of benzene rings is 3. The summed E-state index contributed by atoms with van der Waals surface area (Å²) in [6.45, 7) is 3.92. The Bertz CT molecular complexity index is 1170. The van der Waals surface area contributed by atoms with Crippen LogP contribution in [0.3, 0.4) is 0 Å². The van der Waals surface area contributed by atoms with Gasteiger partial charge in [-0.25, -0.2) is 13.1 Å². The fraction of sp³-hybridized carbons (Fsp3) is 0.308. The zero-order chi connectivity index (χ0) is 22.7. The van der Waals surface area contributed by atoms with Crippen molar-refractivity contribution < 1.29 is 8.42 Å². The lowest BCUT2D eigenvalue weighted by atomic mass is 9.96. The Morgan fingerprint density at radius 3 is 2.38 bits per heavy atom. The number of hydrogen-bond acceptors (Lipinski definition) is 4. The maximum Gasteiger partial charge on any atom is 0.240 e. The van der Waals surface area contributed by atoms with Gasteiger partial charge in [-0.2, -0.15) is 0 Å². The SMILES string of the molecule is Cc1cccc(S(=O)(=O)NCC(c2ccc(N(C)C)cc2)N2CCc3ccccc3C2)c1. The van der Waals surface area contributed by atoms with Crippen molar-refractivity contribution in [3.8, 4) is 0 Å². The van der Waals surface area contributed by atoms with Crippen LogP contribution in [0.4, 0.5) is 5.69 Å². The van der Waals surface area contributed by atoms with Crippen molar-refractivity contribution in [2.45, 2.75) is 30.8 Å². The van der Waals surface area contributed by atoms with Gasteiger partial charge in [0.1, 0.15) is 0 Å². The van der Waals surface area contributed by atoms with Crippen molar-refractivity contribution in [3.63, 3.8) is 0 Å². The summed E-state index contributed by atoms with van der Waals surface area (Å²) in [5.41, 5.74) is 5.86. The Hall–Kier alpha value is -2.67. The van der Waals surface area contributed by atoms with E-state index in [1.165, 1.54) is 11.1 Å². The summed E-state index contributed by atoms with van der Waals surface area (Å²) in [6.07, 6.45) is 0.965. The molecule has 1 N–H and O–H groups in total. The molecule has 1 aliphatic rings. The molecule has 0 saturated heterocycles. The zero-order valence-corrected chi connectivity index (χ0v) is 19.8. The molecular weight excluding hydrogens is 418 g/mol. The molecule has 0 spiro atoms. The van der Waals surface area contributed by atoms with Crippen LogP contribution in [0.2, 0.25) is 0 Å². The molecule has 1 atom stereocenters. The molecule has 32 heavy (non-hydrogen) atoms. The van der Waals surface area contributed by atoms with E-state index in [9.17, 15) is 8.42 Å². The number of rotatable bonds is 7. The van der Waals surface area contributed by atoms with Gasteiger partial charge in [-0.3, -0.25) is 4.90 Å². The zero-order valence-electron chi connectivity index (χ0n) is 19.0. The molecule has 1 unspecified atom stereocenters. The maximum absolute atomic E-state index is 13.0. The fourth-order valence-electron chi connectivity index (χ4n) is 4.29. The Balaban J connectivity index is 1.60. The van der Waals surface area contributed by atoms with Crippen molar-refractivity contribution in [1.82, 2.24) is 9.62 Å². The fourth-order valence-corrected chi connectivity index (χ4v) is 5.43. The molecule has 1 aliphatic heterocycles. The van der Waals surface area contributed by atoms with Gasteiger partial charge in [0.05, 0.1) is 4.90 Å². The van der Waals surface area contributed by atoms with Gasteiger partial charge in [0.15, 0.2) is 0 Å². The molecule has 0 aliphatic carbocycles. The van der Waals surface area contributed by atoms with E-state index in [-0.39, 0.29) is 6.04 Å². The van der Waals surface area contributed by atoms with Gasteiger partial charge in [-0.1, -0.05) is 48.5 Å². The van der Waals surface area contributed by atoms with E-state index in [0.29, 0.717) is 11.4 Å². The molecule has 168 valence electrons. The largest absolute Gasteiger partial charge is 0.378 e. The summed E-state index contributed by atoms with van der Waals surface area (Å²) in [5.74, 6) is 0. The van der Waals surface area contributed by atoms with Crippen LogP contribution in [0.15, 0.2) is 77.7 Å². The van der Waals surface area contributed by atoms with E-state index < -0.39 is 10.0 Å². The first-order valence-corrected chi connectivity index (χ1v) is 12.5. The first kappa shape index (κ1) is 22.5. The summed E-state index contributed by atoms with van der Waals surface area (Å²) in [5, 5.41) is 0. The smallest absolute Gasteiger partial charge is 0.240 e. The van der Waals surface area contributed by atoms with Crippen molar-refractivity contribution >= 4 is 15.7 Å². The lowest BCUT2D eigenvalue weighted by Gasteiger charge is -2.36. The van der Waals surface area contributed by atoms with Crippen molar-refractivity contribution in [2.24, 2.45) is 0 Å². The minimum Gasteiger partial charge on any atom is -0.378 e. The third kappa shape index (κ3) is 5.04. The molecule has 0 aromatic heterocycles. The van der Waals surface area contributed by atoms with Crippen LogP contribution in [0.5, 0.6) is 0 Å². The van der Waals surface area contributed by atoms with Gasteiger partial charge in [-0.15, -0.1) is 0 Å². The minimum absolute atomic E-state index is 0.0563. The predicted octanol–water partition coefficient (Wildman–Crippen LogP) is 4.14. The van der Waals surface area contributed by atoms with Gasteiger partial charge in [0.25, 0.3) is 0 Å². The van der Waals surface area contributed by atoms with Gasteiger partial charge in [-0.05, 0) is 59.9 Å². The normalized spacial score (nSPS) is 15.2. The molecule has 3 aromatic rings. The molecule has 0 amide bonds. The Labute approximate surface area is 191 Å². The Morgan fingerprint density at radius 2 is 1.69 bits per heavy atom. The number of sulfonamides is 1. The Kier molecular flexibility index (Phi) is 6.65. The van der Waals surface area contributed by atoms with Crippen molar-refractivity contribution in [2.75, 3.05) is 32.1 Å². The first-order chi connectivity index (χ1) is 15.3. The second kappa shape index (κ2) is 9.45. The minimum atomic E-state index is -3.59. The predicted molar refractivity (Wildman–Crippen MR) is 130 cm³/mol. The molecule has 4 rings (SSSR count). The molecule has 0 bridgehead atoms. The average molecular weight is 450 g/mol. The second-order valence-electron chi connectivity index (χ2n) is 8.66. The monoisotopic (exact) mass is 449 g/mol. The second-order valence-corrected chi connectivity index (χ2v) is 10.4. The highest BCUT2D eigenvalue weighted by Crippen LogP contribution is 2.29. The lowest BCUT2D eigenvalue weighted by molar-refractivity contribution is 0.180. The van der Waals surface area contributed by atoms with E-state index >= 15 is 0 Å². The third-order valence-electron chi connectivity index (χ3n) is 6.16. The highest BCUT2D eigenvalue weighted by atomic mass is 32.2. The van der Waals surface area contributed by atoms with Crippen LogP contribution in [0, 0.1) is 6.92 Å². The molecule has 5 nitrogen and oxygen atoms in total. The molecule has 3 aromatic carbocycles. The summed E-state index contributed by atoms with van der Waals surface area (Å²) >= 11 is 0. The summed E-state index contributed by atoms with van der Waals surface area (Å²) in [7, 11) is 0.444. The highest BCUT2D eigenvalue weighted by molar-refractivity contribution is 7.89. The number of fused-ring (bicyclic) bond motifs is 1. The number of nitrogens with one attached hydrogen (secondary N) is 1. The third-order valence-corrected chi connectivity index (χ3v) is 7.58. The number of aryl methyl sites for hydroxylation is 1. The van der Waals surface area contributed by atoms with E-state index in [1.807, 2.05) is 27.1 Å². The average Bonchev–Trinajstić information content (AvgIpc) is 2.79. The molecule has 6 heteroatoms. The Morgan fingerprint density at radius 1 is 0.969 bits per heavy atom. The molecular formula is C26H31N3O2S. The summed E-state index contributed by atoms with van der Waals surface area (Å²) < 4.78 is 28.9. The molecule has 0 fully saturated rings. The van der Waals surface area contributed by atoms with Crippen LogP contribution in [-0.4, -0.2) is 40.5 Å². The standard InChI is InChI=1S/C26H31N3O2S/c1-20-7-6-10-25(17-20)32(30,31)27-18-26(22-11-13-24(14-12-22)28(2)3)29-16-15-21-8-4-5-9-23(21)19-29/h4-14,17,26-27H,15-16,18-19H2,1-3H3. The maximum atomic E-state index is 13.0. The number of hydrogen-bond donors (Lipinski definition) is 1. The van der Waals surface area contributed by atoms with E-state index in [0.717, 1.165) is 36.3 Å².